The number of fused-ring (bicyclic) bond motifs is 1. The molecule has 3 atom stereocenters. The summed E-state index contributed by atoms with van der Waals surface area (Å²) in [5.74, 6) is 3.82. The van der Waals surface area contributed by atoms with Crippen molar-refractivity contribution in [2.24, 2.45) is 17.8 Å². The summed E-state index contributed by atoms with van der Waals surface area (Å²) >= 11 is 2.04. The molecule has 3 aliphatic rings. The first kappa shape index (κ1) is 10.9. The van der Waals surface area contributed by atoms with Crippen LogP contribution < -0.4 is 5.32 Å². The minimum absolute atomic E-state index is 0.346. The Labute approximate surface area is 102 Å². The number of nitrogens with one attached hydrogen (secondary N) is 1. The Balaban J connectivity index is 1.39. The third-order valence-corrected chi connectivity index (χ3v) is 5.79. The Kier molecular flexibility index (Phi) is 3.14. The molecule has 16 heavy (non-hydrogen) atoms. The fourth-order valence-corrected chi connectivity index (χ4v) is 4.49. The molecule has 0 aromatic carbocycles. The summed E-state index contributed by atoms with van der Waals surface area (Å²) in [6.07, 6.45) is 7.76. The predicted octanol–water partition coefficient (Wildman–Crippen LogP) is 2.43. The van der Waals surface area contributed by atoms with E-state index in [1.807, 2.05) is 11.8 Å². The van der Waals surface area contributed by atoms with Gasteiger partial charge in [0.2, 0.25) is 5.91 Å². The van der Waals surface area contributed by atoms with Gasteiger partial charge in [-0.15, -0.1) is 0 Å². The molecule has 3 heteroatoms. The van der Waals surface area contributed by atoms with Gasteiger partial charge in [0.1, 0.15) is 0 Å². The van der Waals surface area contributed by atoms with Crippen molar-refractivity contribution in [1.82, 2.24) is 5.32 Å². The molecule has 2 nitrogen and oxygen atoms in total. The molecule has 0 spiro atoms. The summed E-state index contributed by atoms with van der Waals surface area (Å²) in [6, 6.07) is 0. The quantitative estimate of drug-likeness (QED) is 0.819. The smallest absolute Gasteiger partial charge is 0.223 e. The van der Waals surface area contributed by atoms with Crippen molar-refractivity contribution in [3.05, 3.63) is 0 Å². The van der Waals surface area contributed by atoms with Crippen molar-refractivity contribution in [2.75, 3.05) is 12.3 Å². The summed E-state index contributed by atoms with van der Waals surface area (Å²) in [4.78, 5) is 11.9. The van der Waals surface area contributed by atoms with Crippen LogP contribution in [0.3, 0.4) is 0 Å². The molecule has 1 saturated heterocycles. The molecular formula is C13H21NOS. The number of hydrogen-bond donors (Lipinski definition) is 1. The highest BCUT2D eigenvalue weighted by Gasteiger charge is 2.47. The Bertz CT molecular complexity index is 265. The lowest BCUT2D eigenvalue weighted by Gasteiger charge is -2.22. The predicted molar refractivity (Wildman–Crippen MR) is 67.4 cm³/mol. The molecule has 3 fully saturated rings. The summed E-state index contributed by atoms with van der Waals surface area (Å²) < 4.78 is 0. The fourth-order valence-electron chi connectivity index (χ4n) is 3.26. The molecule has 1 heterocycles. The maximum absolute atomic E-state index is 11.9. The fraction of sp³-hybridized carbons (Fsp3) is 0.923. The average Bonchev–Trinajstić information content (AvgIpc) is 2.94. The average molecular weight is 239 g/mol. The van der Waals surface area contributed by atoms with Gasteiger partial charge in [-0.25, -0.2) is 0 Å². The molecule has 3 unspecified atom stereocenters. The number of amides is 1. The first-order valence-electron chi connectivity index (χ1n) is 6.72. The Morgan fingerprint density at radius 2 is 2.00 bits per heavy atom. The summed E-state index contributed by atoms with van der Waals surface area (Å²) in [5, 5.41) is 3.86. The van der Waals surface area contributed by atoms with Gasteiger partial charge in [-0.2, -0.15) is 11.8 Å². The van der Waals surface area contributed by atoms with E-state index in [0.29, 0.717) is 17.1 Å². The van der Waals surface area contributed by atoms with E-state index < -0.39 is 0 Å². The van der Waals surface area contributed by atoms with E-state index in [-0.39, 0.29) is 0 Å². The van der Waals surface area contributed by atoms with Gasteiger partial charge in [0.05, 0.1) is 0 Å². The van der Waals surface area contributed by atoms with Crippen molar-refractivity contribution in [1.29, 1.82) is 0 Å². The minimum Gasteiger partial charge on any atom is -0.355 e. The first-order valence-corrected chi connectivity index (χ1v) is 7.77. The molecule has 1 N–H and O–H groups in total. The standard InChI is InChI=1S/C13H21NOS/c15-13(11-6-9-5-10(9)7-11)14-8-12-3-1-2-4-16-12/h9-12H,1-8H2,(H,14,15). The van der Waals surface area contributed by atoms with Gasteiger partial charge in [-0.3, -0.25) is 4.79 Å². The van der Waals surface area contributed by atoms with Gasteiger partial charge in [0.25, 0.3) is 0 Å². The van der Waals surface area contributed by atoms with Crippen molar-refractivity contribution in [3.8, 4) is 0 Å². The highest BCUT2D eigenvalue weighted by Crippen LogP contribution is 2.54. The van der Waals surface area contributed by atoms with Crippen LogP contribution in [0.25, 0.3) is 0 Å². The maximum atomic E-state index is 11.9. The molecule has 1 aliphatic heterocycles. The number of rotatable bonds is 3. The van der Waals surface area contributed by atoms with Gasteiger partial charge in [0, 0.05) is 17.7 Å². The van der Waals surface area contributed by atoms with Crippen LogP contribution in [0, 0.1) is 17.8 Å². The van der Waals surface area contributed by atoms with E-state index >= 15 is 0 Å². The molecule has 0 aromatic rings. The summed E-state index contributed by atoms with van der Waals surface area (Å²) in [6.45, 7) is 0.912. The van der Waals surface area contributed by atoms with E-state index in [1.165, 1.54) is 44.3 Å². The van der Waals surface area contributed by atoms with E-state index in [0.717, 1.165) is 18.4 Å². The Hall–Kier alpha value is -0.180. The molecule has 3 rings (SSSR count). The largest absolute Gasteiger partial charge is 0.355 e. The second kappa shape index (κ2) is 4.59. The SMILES string of the molecule is O=C(NCC1CCCCS1)C1CC2CC2C1. The topological polar surface area (TPSA) is 29.1 Å². The number of carbonyl (C=O) groups is 1. The van der Waals surface area contributed by atoms with E-state index in [2.05, 4.69) is 5.32 Å². The van der Waals surface area contributed by atoms with Gasteiger partial charge in [-0.05, 0) is 49.7 Å². The molecule has 1 amide bonds. The lowest BCUT2D eigenvalue weighted by molar-refractivity contribution is -0.125. The zero-order valence-electron chi connectivity index (χ0n) is 9.78. The van der Waals surface area contributed by atoms with Crippen LogP contribution in [-0.4, -0.2) is 23.5 Å². The highest BCUT2D eigenvalue weighted by molar-refractivity contribution is 7.99. The molecule has 0 aromatic heterocycles. The molecule has 90 valence electrons. The van der Waals surface area contributed by atoms with Crippen LogP contribution in [0.15, 0.2) is 0 Å². The van der Waals surface area contributed by atoms with Crippen LogP contribution in [0.4, 0.5) is 0 Å². The molecule has 2 saturated carbocycles. The first-order chi connectivity index (χ1) is 7.83. The van der Waals surface area contributed by atoms with Gasteiger partial charge in [0.15, 0.2) is 0 Å². The summed E-state index contributed by atoms with van der Waals surface area (Å²) in [5.41, 5.74) is 0. The lowest BCUT2D eigenvalue weighted by Crippen LogP contribution is -2.35. The Morgan fingerprint density at radius 1 is 1.19 bits per heavy atom. The van der Waals surface area contributed by atoms with Crippen LogP contribution in [0.2, 0.25) is 0 Å². The zero-order chi connectivity index (χ0) is 11.0. The van der Waals surface area contributed by atoms with Crippen LogP contribution in [0.5, 0.6) is 0 Å². The van der Waals surface area contributed by atoms with Crippen molar-refractivity contribution >= 4 is 17.7 Å². The molecule has 0 radical (unpaired) electrons. The highest BCUT2D eigenvalue weighted by atomic mass is 32.2. The molecular weight excluding hydrogens is 218 g/mol. The zero-order valence-corrected chi connectivity index (χ0v) is 10.6. The van der Waals surface area contributed by atoms with E-state index in [4.69, 9.17) is 0 Å². The number of thioether (sulfide) groups is 1. The van der Waals surface area contributed by atoms with Crippen molar-refractivity contribution < 1.29 is 4.79 Å². The molecule has 0 bridgehead atoms. The van der Waals surface area contributed by atoms with Crippen molar-refractivity contribution in [2.45, 2.75) is 43.8 Å². The monoisotopic (exact) mass is 239 g/mol. The van der Waals surface area contributed by atoms with Crippen molar-refractivity contribution in [3.63, 3.8) is 0 Å². The Morgan fingerprint density at radius 3 is 2.69 bits per heavy atom. The van der Waals surface area contributed by atoms with E-state index in [1.54, 1.807) is 0 Å². The number of carbonyl (C=O) groups excluding carboxylic acids is 1. The van der Waals surface area contributed by atoms with Crippen LogP contribution in [-0.2, 0) is 4.79 Å². The second-order valence-electron chi connectivity index (χ2n) is 5.66. The lowest BCUT2D eigenvalue weighted by atomic mass is 10.0. The molecule has 2 aliphatic carbocycles. The summed E-state index contributed by atoms with van der Waals surface area (Å²) in [7, 11) is 0. The third-order valence-electron chi connectivity index (χ3n) is 4.39. The normalized spacial score (nSPS) is 41.5. The van der Waals surface area contributed by atoms with Gasteiger partial charge >= 0.3 is 0 Å². The minimum atomic E-state index is 0.346. The maximum Gasteiger partial charge on any atom is 0.223 e. The second-order valence-corrected chi connectivity index (χ2v) is 7.07. The van der Waals surface area contributed by atoms with Crippen LogP contribution in [0.1, 0.15) is 38.5 Å². The third kappa shape index (κ3) is 2.39. The number of hydrogen-bond acceptors (Lipinski definition) is 2. The van der Waals surface area contributed by atoms with Gasteiger partial charge < -0.3 is 5.32 Å². The van der Waals surface area contributed by atoms with Gasteiger partial charge in [-0.1, -0.05) is 6.42 Å². The van der Waals surface area contributed by atoms with Crippen LogP contribution >= 0.6 is 11.8 Å². The van der Waals surface area contributed by atoms with E-state index in [9.17, 15) is 4.79 Å².